The maximum Gasteiger partial charge on any atom is 0.184 e. The molecule has 1 heterocycles. The lowest BCUT2D eigenvalue weighted by Crippen LogP contribution is -2.00. The molecule has 1 rings (SSSR count). The summed E-state index contributed by atoms with van der Waals surface area (Å²) in [4.78, 5) is 0. The molecule has 7 heavy (non-hydrogen) atoms. The van der Waals surface area contributed by atoms with Gasteiger partial charge in [0.25, 0.3) is 0 Å². The van der Waals surface area contributed by atoms with Crippen LogP contribution in [0.25, 0.3) is 0 Å². The van der Waals surface area contributed by atoms with E-state index in [1.165, 1.54) is 0 Å². The largest absolute Gasteiger partial charge is 0.382 e. The molecular weight excluding hydrogens is 96.0 g/mol. The van der Waals surface area contributed by atoms with Gasteiger partial charge in [0, 0.05) is 7.11 Å². The van der Waals surface area contributed by atoms with E-state index < -0.39 is 6.29 Å². The van der Waals surface area contributed by atoms with Crippen molar-refractivity contribution in [1.29, 1.82) is 0 Å². The van der Waals surface area contributed by atoms with Crippen LogP contribution < -0.4 is 0 Å². The molecule has 0 aliphatic carbocycles. The third kappa shape index (κ3) is 1.12. The maximum atomic E-state index is 8.46. The minimum atomic E-state index is -0.556. The Morgan fingerprint density at radius 3 is 2.57 bits per heavy atom. The molecule has 0 aromatic heterocycles. The van der Waals surface area contributed by atoms with E-state index in [1.54, 1.807) is 7.11 Å². The summed E-state index contributed by atoms with van der Waals surface area (Å²) in [5, 5.41) is 8.46. The third-order valence-electron chi connectivity index (χ3n) is 0.887. The number of epoxide rings is 1. The van der Waals surface area contributed by atoms with Gasteiger partial charge in [0.05, 0.1) is 6.61 Å². The lowest BCUT2D eigenvalue weighted by Gasteiger charge is -1.85. The molecule has 0 amide bonds. The molecule has 3 heteroatoms. The first-order chi connectivity index (χ1) is 3.34. The van der Waals surface area contributed by atoms with Crippen LogP contribution in [0.2, 0.25) is 0 Å². The van der Waals surface area contributed by atoms with E-state index in [2.05, 4.69) is 9.47 Å². The number of rotatable bonds is 2. The first-order valence-electron chi connectivity index (χ1n) is 2.17. The van der Waals surface area contributed by atoms with Gasteiger partial charge >= 0.3 is 0 Å². The topological polar surface area (TPSA) is 42.0 Å². The van der Waals surface area contributed by atoms with Gasteiger partial charge in [-0.05, 0) is 0 Å². The highest BCUT2D eigenvalue weighted by molar-refractivity contribution is 4.73. The van der Waals surface area contributed by atoms with Crippen LogP contribution in [0.5, 0.6) is 0 Å². The van der Waals surface area contributed by atoms with Crippen molar-refractivity contribution in [3.8, 4) is 0 Å². The molecular formula is C4H8O3. The summed E-state index contributed by atoms with van der Waals surface area (Å²) in [6.07, 6.45) is -0.607. The molecule has 0 radical (unpaired) electrons. The predicted octanol–water partition coefficient (Wildman–Crippen LogP) is -0.650. The van der Waals surface area contributed by atoms with Gasteiger partial charge in [0.2, 0.25) is 0 Å². The number of hydrogen-bond donors (Lipinski definition) is 1. The normalized spacial score (nSPS) is 38.6. The van der Waals surface area contributed by atoms with Crippen LogP contribution in [0.4, 0.5) is 0 Å². The van der Waals surface area contributed by atoms with E-state index in [1.807, 2.05) is 0 Å². The van der Waals surface area contributed by atoms with E-state index in [4.69, 9.17) is 5.11 Å². The number of hydrogen-bond acceptors (Lipinski definition) is 3. The van der Waals surface area contributed by atoms with Crippen molar-refractivity contribution >= 4 is 0 Å². The fourth-order valence-electron chi connectivity index (χ4n) is 0.420. The zero-order valence-corrected chi connectivity index (χ0v) is 4.13. The van der Waals surface area contributed by atoms with Crippen molar-refractivity contribution in [3.05, 3.63) is 0 Å². The molecule has 1 saturated heterocycles. The van der Waals surface area contributed by atoms with Crippen molar-refractivity contribution in [2.75, 3.05) is 13.7 Å². The van der Waals surface area contributed by atoms with E-state index in [9.17, 15) is 0 Å². The molecule has 0 aromatic rings. The standard InChI is InChI=1S/C4H8O3/c1-6-2-3-4(5)7-3/h3-5H,2H2,1H3. The van der Waals surface area contributed by atoms with E-state index in [-0.39, 0.29) is 6.10 Å². The molecule has 2 atom stereocenters. The van der Waals surface area contributed by atoms with Gasteiger partial charge in [0.1, 0.15) is 6.10 Å². The Bertz CT molecular complexity index is 64.0. The third-order valence-corrected chi connectivity index (χ3v) is 0.887. The zero-order valence-electron chi connectivity index (χ0n) is 4.13. The highest BCUT2D eigenvalue weighted by Crippen LogP contribution is 2.17. The fraction of sp³-hybridized carbons (Fsp3) is 1.00. The first-order valence-corrected chi connectivity index (χ1v) is 2.17. The number of aliphatic hydroxyl groups excluding tert-OH is 1. The molecule has 2 unspecified atom stereocenters. The van der Waals surface area contributed by atoms with Gasteiger partial charge in [-0.2, -0.15) is 0 Å². The average molecular weight is 104 g/mol. The zero-order chi connectivity index (χ0) is 5.28. The molecule has 3 nitrogen and oxygen atoms in total. The van der Waals surface area contributed by atoms with Crippen LogP contribution in [-0.2, 0) is 9.47 Å². The minimum Gasteiger partial charge on any atom is -0.382 e. The maximum absolute atomic E-state index is 8.46. The Morgan fingerprint density at radius 1 is 1.86 bits per heavy atom. The summed E-state index contributed by atoms with van der Waals surface area (Å²) in [6, 6.07) is 0. The highest BCUT2D eigenvalue weighted by Gasteiger charge is 2.36. The Labute approximate surface area is 41.8 Å². The van der Waals surface area contributed by atoms with Crippen LogP contribution in [0.3, 0.4) is 0 Å². The average Bonchev–Trinajstić information content (AvgIpc) is 2.22. The Kier molecular flexibility index (Phi) is 1.27. The van der Waals surface area contributed by atoms with Crippen LogP contribution >= 0.6 is 0 Å². The number of aliphatic hydroxyl groups is 1. The quantitative estimate of drug-likeness (QED) is 0.473. The lowest BCUT2D eigenvalue weighted by atomic mass is 10.5. The fourth-order valence-corrected chi connectivity index (χ4v) is 0.420. The predicted molar refractivity (Wildman–Crippen MR) is 22.8 cm³/mol. The highest BCUT2D eigenvalue weighted by atomic mass is 16.7. The molecule has 42 valence electrons. The SMILES string of the molecule is COCC1OC1O. The Morgan fingerprint density at radius 2 is 2.43 bits per heavy atom. The van der Waals surface area contributed by atoms with Crippen molar-refractivity contribution in [2.24, 2.45) is 0 Å². The summed E-state index contributed by atoms with van der Waals surface area (Å²) < 4.78 is 9.24. The van der Waals surface area contributed by atoms with E-state index in [0.717, 1.165) is 0 Å². The van der Waals surface area contributed by atoms with Gasteiger partial charge < -0.3 is 14.6 Å². The summed E-state index contributed by atoms with van der Waals surface area (Å²) in [6.45, 7) is 0.501. The summed E-state index contributed by atoms with van der Waals surface area (Å²) in [7, 11) is 1.58. The van der Waals surface area contributed by atoms with E-state index in [0.29, 0.717) is 6.61 Å². The molecule has 0 bridgehead atoms. The van der Waals surface area contributed by atoms with Gasteiger partial charge in [-0.15, -0.1) is 0 Å². The molecule has 1 fully saturated rings. The van der Waals surface area contributed by atoms with Crippen molar-refractivity contribution < 1.29 is 14.6 Å². The summed E-state index contributed by atoms with van der Waals surface area (Å²) in [5.74, 6) is 0. The van der Waals surface area contributed by atoms with Crippen LogP contribution in [0, 0.1) is 0 Å². The number of ether oxygens (including phenoxy) is 2. The molecule has 0 aromatic carbocycles. The lowest BCUT2D eigenvalue weighted by molar-refractivity contribution is 0.152. The van der Waals surface area contributed by atoms with Gasteiger partial charge in [-0.1, -0.05) is 0 Å². The first kappa shape index (κ1) is 5.03. The van der Waals surface area contributed by atoms with Gasteiger partial charge in [-0.25, -0.2) is 0 Å². The van der Waals surface area contributed by atoms with Gasteiger partial charge in [-0.3, -0.25) is 0 Å². The van der Waals surface area contributed by atoms with Crippen molar-refractivity contribution in [2.45, 2.75) is 12.4 Å². The van der Waals surface area contributed by atoms with Crippen LogP contribution in [-0.4, -0.2) is 31.2 Å². The Balaban J connectivity index is 1.98. The molecule has 1 aliphatic heterocycles. The molecule has 0 spiro atoms. The van der Waals surface area contributed by atoms with E-state index >= 15 is 0 Å². The second-order valence-corrected chi connectivity index (χ2v) is 1.52. The molecule has 1 aliphatic rings. The minimum absolute atomic E-state index is 0.0509. The summed E-state index contributed by atoms with van der Waals surface area (Å²) in [5.41, 5.74) is 0. The van der Waals surface area contributed by atoms with Gasteiger partial charge in [0.15, 0.2) is 6.29 Å². The second kappa shape index (κ2) is 1.78. The van der Waals surface area contributed by atoms with Crippen LogP contribution in [0.15, 0.2) is 0 Å². The monoisotopic (exact) mass is 104 g/mol. The molecule has 1 N–H and O–H groups in total. The smallest absolute Gasteiger partial charge is 0.184 e. The summed E-state index contributed by atoms with van der Waals surface area (Å²) >= 11 is 0. The molecule has 0 saturated carbocycles. The Hall–Kier alpha value is -0.120. The van der Waals surface area contributed by atoms with Crippen LogP contribution in [0.1, 0.15) is 0 Å². The number of methoxy groups -OCH3 is 1. The van der Waals surface area contributed by atoms with Crippen molar-refractivity contribution in [3.63, 3.8) is 0 Å². The van der Waals surface area contributed by atoms with Crippen molar-refractivity contribution in [1.82, 2.24) is 0 Å². The second-order valence-electron chi connectivity index (χ2n) is 1.52.